The van der Waals surface area contributed by atoms with Crippen LogP contribution in [0.2, 0.25) is 5.02 Å². The second-order valence-electron chi connectivity index (χ2n) is 4.17. The summed E-state index contributed by atoms with van der Waals surface area (Å²) in [5.41, 5.74) is 5.50. The molecular weight excluding hydrogens is 293 g/mol. The van der Waals surface area contributed by atoms with Crippen molar-refractivity contribution >= 4 is 22.5 Å². The van der Waals surface area contributed by atoms with E-state index in [0.717, 1.165) is 0 Å². The third kappa shape index (κ3) is 3.13. The maximum absolute atomic E-state index is 12.8. The molecule has 0 spiro atoms. The van der Waals surface area contributed by atoms with Gasteiger partial charge in [0.05, 0.1) is 5.02 Å². The first kappa shape index (κ1) is 14.9. The zero-order valence-corrected chi connectivity index (χ0v) is 11.1. The molecule has 0 aliphatic heterocycles. The number of halogens is 4. The Hall–Kier alpha value is -1.53. The number of benzene rings is 1. The number of rotatable bonds is 4. The van der Waals surface area contributed by atoms with Crippen LogP contribution in [0.1, 0.15) is 6.42 Å². The lowest BCUT2D eigenvalue weighted by Gasteiger charge is -2.21. The van der Waals surface area contributed by atoms with Gasteiger partial charge < -0.3 is 10.5 Å². The molecule has 0 bridgehead atoms. The topological polar surface area (TPSA) is 48.1 Å². The van der Waals surface area contributed by atoms with Crippen LogP contribution in [0.3, 0.4) is 0 Å². The number of aromatic nitrogens is 1. The van der Waals surface area contributed by atoms with Gasteiger partial charge in [-0.3, -0.25) is 4.98 Å². The van der Waals surface area contributed by atoms with E-state index < -0.39 is 12.3 Å². The first-order valence-electron chi connectivity index (χ1n) is 5.90. The van der Waals surface area contributed by atoms with Gasteiger partial charge in [-0.2, -0.15) is 13.2 Å². The van der Waals surface area contributed by atoms with Crippen LogP contribution in [0.15, 0.2) is 30.5 Å². The van der Waals surface area contributed by atoms with E-state index in [0.29, 0.717) is 15.9 Å². The highest BCUT2D eigenvalue weighted by Crippen LogP contribution is 2.33. The van der Waals surface area contributed by atoms with E-state index in [2.05, 4.69) is 4.98 Å². The monoisotopic (exact) mass is 304 g/mol. The molecule has 3 nitrogen and oxygen atoms in total. The average Bonchev–Trinajstić information content (AvgIpc) is 2.40. The van der Waals surface area contributed by atoms with Gasteiger partial charge in [0.25, 0.3) is 0 Å². The van der Waals surface area contributed by atoms with E-state index in [1.807, 2.05) is 0 Å². The minimum Gasteiger partial charge on any atom is -0.479 e. The molecule has 1 aromatic carbocycles. The lowest BCUT2D eigenvalue weighted by molar-refractivity contribution is -0.195. The Balaban J connectivity index is 2.40. The number of nitrogens with two attached hydrogens (primary N) is 1. The van der Waals surface area contributed by atoms with Crippen molar-refractivity contribution in [1.82, 2.24) is 4.98 Å². The standard InChI is InChI=1S/C13H12ClF3N2O/c14-9-3-4-10(12-8(9)2-1-7-19-12)20-11(5-6-18)13(15,16)17/h1-4,7,11H,5-6,18H2. The van der Waals surface area contributed by atoms with Gasteiger partial charge in [-0.1, -0.05) is 11.6 Å². The molecule has 0 aliphatic carbocycles. The quantitative estimate of drug-likeness (QED) is 0.939. The highest BCUT2D eigenvalue weighted by Gasteiger charge is 2.41. The Morgan fingerprint density at radius 1 is 1.30 bits per heavy atom. The molecule has 108 valence electrons. The summed E-state index contributed by atoms with van der Waals surface area (Å²) in [6, 6.07) is 6.19. The van der Waals surface area contributed by atoms with Gasteiger partial charge in [-0.15, -0.1) is 0 Å². The SMILES string of the molecule is NCCC(Oc1ccc(Cl)c2cccnc12)C(F)(F)F. The fourth-order valence-electron chi connectivity index (χ4n) is 1.80. The molecule has 1 heterocycles. The van der Waals surface area contributed by atoms with E-state index in [1.165, 1.54) is 18.3 Å². The van der Waals surface area contributed by atoms with E-state index in [9.17, 15) is 13.2 Å². The number of nitrogens with zero attached hydrogens (tertiary/aromatic N) is 1. The fourth-order valence-corrected chi connectivity index (χ4v) is 2.02. The molecule has 1 unspecified atom stereocenters. The number of hydrogen-bond donors (Lipinski definition) is 1. The average molecular weight is 305 g/mol. The highest BCUT2D eigenvalue weighted by molar-refractivity contribution is 6.35. The van der Waals surface area contributed by atoms with Crippen LogP contribution in [-0.2, 0) is 0 Å². The molecule has 1 atom stereocenters. The van der Waals surface area contributed by atoms with Gasteiger partial charge in [0, 0.05) is 18.0 Å². The van der Waals surface area contributed by atoms with Crippen LogP contribution < -0.4 is 10.5 Å². The summed E-state index contributed by atoms with van der Waals surface area (Å²) in [5.74, 6) is 0.0424. The molecule has 20 heavy (non-hydrogen) atoms. The van der Waals surface area contributed by atoms with Crippen LogP contribution in [0.4, 0.5) is 13.2 Å². The Morgan fingerprint density at radius 3 is 2.70 bits per heavy atom. The second kappa shape index (κ2) is 5.85. The predicted octanol–water partition coefficient (Wildman–Crippen LogP) is 3.55. The largest absolute Gasteiger partial charge is 0.479 e. The van der Waals surface area contributed by atoms with Gasteiger partial charge in [-0.05, 0) is 30.8 Å². The third-order valence-corrected chi connectivity index (χ3v) is 3.07. The Bertz CT molecular complexity index is 604. The van der Waals surface area contributed by atoms with Crippen LogP contribution in [0, 0.1) is 0 Å². The summed E-state index contributed by atoms with van der Waals surface area (Å²) >= 11 is 5.98. The van der Waals surface area contributed by atoms with E-state index in [1.54, 1.807) is 12.1 Å². The normalized spacial score (nSPS) is 13.4. The number of hydrogen-bond acceptors (Lipinski definition) is 3. The molecule has 2 aromatic rings. The maximum atomic E-state index is 12.8. The smallest absolute Gasteiger partial charge is 0.425 e. The van der Waals surface area contributed by atoms with Gasteiger partial charge in [-0.25, -0.2) is 0 Å². The number of ether oxygens (including phenoxy) is 1. The van der Waals surface area contributed by atoms with Crippen molar-refractivity contribution in [3.05, 3.63) is 35.5 Å². The molecule has 2 rings (SSSR count). The van der Waals surface area contributed by atoms with Crippen molar-refractivity contribution in [2.75, 3.05) is 6.54 Å². The Kier molecular flexibility index (Phi) is 4.35. The summed E-state index contributed by atoms with van der Waals surface area (Å²) in [5, 5.41) is 0.947. The van der Waals surface area contributed by atoms with Crippen molar-refractivity contribution in [3.63, 3.8) is 0 Å². The molecule has 7 heteroatoms. The lowest BCUT2D eigenvalue weighted by atomic mass is 10.2. The first-order chi connectivity index (χ1) is 9.43. The predicted molar refractivity (Wildman–Crippen MR) is 70.9 cm³/mol. The van der Waals surface area contributed by atoms with Gasteiger partial charge in [0.1, 0.15) is 11.3 Å². The minimum atomic E-state index is -4.49. The molecule has 0 fully saturated rings. The molecule has 0 saturated heterocycles. The highest BCUT2D eigenvalue weighted by atomic mass is 35.5. The zero-order chi connectivity index (χ0) is 14.8. The summed E-state index contributed by atoms with van der Waals surface area (Å²) in [7, 11) is 0. The van der Waals surface area contributed by atoms with E-state index in [4.69, 9.17) is 22.1 Å². The Labute approximate surface area is 118 Å². The van der Waals surface area contributed by atoms with Crippen LogP contribution >= 0.6 is 11.6 Å². The molecular formula is C13H12ClF3N2O. The first-order valence-corrected chi connectivity index (χ1v) is 6.28. The van der Waals surface area contributed by atoms with Gasteiger partial charge in [0.15, 0.2) is 6.10 Å². The van der Waals surface area contributed by atoms with Crippen molar-refractivity contribution < 1.29 is 17.9 Å². The van der Waals surface area contributed by atoms with Crippen molar-refractivity contribution in [2.24, 2.45) is 5.73 Å². The molecule has 0 aliphatic rings. The van der Waals surface area contributed by atoms with Gasteiger partial charge >= 0.3 is 6.18 Å². The van der Waals surface area contributed by atoms with E-state index in [-0.39, 0.29) is 18.7 Å². The summed E-state index contributed by atoms with van der Waals surface area (Å²) in [6.45, 7) is -0.122. The number of pyridine rings is 1. The van der Waals surface area contributed by atoms with Crippen molar-refractivity contribution in [2.45, 2.75) is 18.7 Å². The molecule has 2 N–H and O–H groups in total. The third-order valence-electron chi connectivity index (χ3n) is 2.74. The second-order valence-corrected chi connectivity index (χ2v) is 4.58. The van der Waals surface area contributed by atoms with E-state index >= 15 is 0 Å². The van der Waals surface area contributed by atoms with Crippen LogP contribution in [0.5, 0.6) is 5.75 Å². The summed E-state index contributed by atoms with van der Waals surface area (Å²) in [6.07, 6.45) is -5.30. The van der Waals surface area contributed by atoms with Gasteiger partial charge in [0.2, 0.25) is 0 Å². The van der Waals surface area contributed by atoms with Crippen LogP contribution in [0.25, 0.3) is 10.9 Å². The minimum absolute atomic E-state index is 0.0424. The molecule has 0 saturated carbocycles. The number of alkyl halides is 3. The fraction of sp³-hybridized carbons (Fsp3) is 0.308. The summed E-state index contributed by atoms with van der Waals surface area (Å²) in [4.78, 5) is 4.03. The molecule has 0 amide bonds. The molecule has 0 radical (unpaired) electrons. The van der Waals surface area contributed by atoms with Crippen molar-refractivity contribution in [3.8, 4) is 5.75 Å². The van der Waals surface area contributed by atoms with Crippen LogP contribution in [-0.4, -0.2) is 23.8 Å². The van der Waals surface area contributed by atoms with Crippen molar-refractivity contribution in [1.29, 1.82) is 0 Å². The maximum Gasteiger partial charge on any atom is 0.425 e. The summed E-state index contributed by atoms with van der Waals surface area (Å²) < 4.78 is 43.6. The zero-order valence-electron chi connectivity index (χ0n) is 10.3. The Morgan fingerprint density at radius 2 is 2.05 bits per heavy atom. The molecule has 1 aromatic heterocycles. The number of fused-ring (bicyclic) bond motifs is 1. The lowest BCUT2D eigenvalue weighted by Crippen LogP contribution is -2.36.